The maximum absolute atomic E-state index is 12.7. The van der Waals surface area contributed by atoms with Gasteiger partial charge in [0, 0.05) is 6.54 Å². The number of carbonyl (C=O) groups excluding carboxylic acids is 1. The second-order valence-electron chi connectivity index (χ2n) is 11.1. The molecule has 6 heteroatoms. The van der Waals surface area contributed by atoms with Crippen molar-refractivity contribution >= 4 is 21.6 Å². The molecule has 5 nitrogen and oxygen atoms in total. The van der Waals surface area contributed by atoms with Crippen molar-refractivity contribution < 1.29 is 13.2 Å². The van der Waals surface area contributed by atoms with E-state index in [1.54, 1.807) is 0 Å². The van der Waals surface area contributed by atoms with Crippen LogP contribution in [0.1, 0.15) is 62.5 Å². The topological polar surface area (TPSA) is 66.5 Å². The second-order valence-corrected chi connectivity index (χ2v) is 13.0. The average molecular weight is 481 g/mol. The molecule has 0 heterocycles. The molecular weight excluding hydrogens is 444 g/mol. The first-order valence-corrected chi connectivity index (χ1v) is 14.5. The molecule has 2 aromatic carbocycles. The molecule has 4 aliphatic carbocycles. The van der Waals surface area contributed by atoms with Gasteiger partial charge in [-0.15, -0.1) is 0 Å². The first kappa shape index (κ1) is 23.4. The van der Waals surface area contributed by atoms with E-state index in [-0.39, 0.29) is 23.8 Å². The fraction of sp³-hybridized carbons (Fsp3) is 0.536. The third-order valence-electron chi connectivity index (χ3n) is 8.47. The van der Waals surface area contributed by atoms with Crippen molar-refractivity contribution in [3.63, 3.8) is 0 Å². The molecule has 4 aliphatic rings. The van der Waals surface area contributed by atoms with Gasteiger partial charge in [-0.05, 0) is 90.9 Å². The summed E-state index contributed by atoms with van der Waals surface area (Å²) < 4.78 is 26.4. The Balaban J connectivity index is 1.27. The Morgan fingerprint density at radius 1 is 0.971 bits per heavy atom. The Kier molecular flexibility index (Phi) is 6.21. The van der Waals surface area contributed by atoms with Crippen LogP contribution in [-0.2, 0) is 20.2 Å². The van der Waals surface area contributed by atoms with Crippen molar-refractivity contribution in [3.8, 4) is 0 Å². The van der Waals surface area contributed by atoms with Gasteiger partial charge in [-0.2, -0.15) is 0 Å². The minimum Gasteiger partial charge on any atom is -0.354 e. The summed E-state index contributed by atoms with van der Waals surface area (Å²) in [6.45, 7) is 2.30. The molecule has 4 fully saturated rings. The van der Waals surface area contributed by atoms with Crippen molar-refractivity contribution in [1.82, 2.24) is 5.32 Å². The number of nitrogens with one attached hydrogen (secondary N) is 1. The number of hydrogen-bond donors (Lipinski definition) is 1. The van der Waals surface area contributed by atoms with E-state index in [0.717, 1.165) is 23.3 Å². The molecule has 34 heavy (non-hydrogen) atoms. The highest BCUT2D eigenvalue weighted by Gasteiger charge is 2.51. The molecule has 4 bridgehead atoms. The maximum atomic E-state index is 12.7. The molecule has 0 spiro atoms. The van der Waals surface area contributed by atoms with E-state index >= 15 is 0 Å². The highest BCUT2D eigenvalue weighted by atomic mass is 32.2. The zero-order valence-electron chi connectivity index (χ0n) is 20.2. The molecular formula is C28H36N2O3S. The monoisotopic (exact) mass is 480 g/mol. The predicted octanol–water partition coefficient (Wildman–Crippen LogP) is 4.84. The molecule has 6 rings (SSSR count). The number of anilines is 1. The predicted molar refractivity (Wildman–Crippen MR) is 136 cm³/mol. The molecule has 1 N–H and O–H groups in total. The summed E-state index contributed by atoms with van der Waals surface area (Å²) in [7, 11) is -3.59. The second kappa shape index (κ2) is 9.03. The van der Waals surface area contributed by atoms with Crippen LogP contribution < -0.4 is 9.62 Å². The first-order chi connectivity index (χ1) is 16.2. The summed E-state index contributed by atoms with van der Waals surface area (Å²) in [5.74, 6) is 2.44. The molecule has 0 aliphatic heterocycles. The summed E-state index contributed by atoms with van der Waals surface area (Å²) in [6.07, 6.45) is 9.19. The number of rotatable bonds is 8. The molecule has 1 atom stereocenters. The molecule has 4 saturated carbocycles. The first-order valence-electron chi connectivity index (χ1n) is 12.6. The van der Waals surface area contributed by atoms with Gasteiger partial charge < -0.3 is 5.32 Å². The van der Waals surface area contributed by atoms with Crippen LogP contribution in [0.15, 0.2) is 54.6 Å². The van der Waals surface area contributed by atoms with E-state index in [0.29, 0.717) is 12.2 Å². The van der Waals surface area contributed by atoms with E-state index in [1.165, 1.54) is 54.6 Å². The van der Waals surface area contributed by atoms with Gasteiger partial charge in [0.25, 0.3) is 0 Å². The number of hydrogen-bond acceptors (Lipinski definition) is 3. The number of sulfonamides is 1. The zero-order valence-corrected chi connectivity index (χ0v) is 21.1. The summed E-state index contributed by atoms with van der Waals surface area (Å²) in [6, 6.07) is 18.0. The van der Waals surface area contributed by atoms with Gasteiger partial charge in [-0.1, -0.05) is 49.4 Å². The summed E-state index contributed by atoms with van der Waals surface area (Å²) in [5.41, 5.74) is 3.32. The number of nitrogens with zero attached hydrogens (tertiary/aromatic N) is 1. The van der Waals surface area contributed by atoms with E-state index < -0.39 is 10.0 Å². The fourth-order valence-corrected chi connectivity index (χ4v) is 8.05. The van der Waals surface area contributed by atoms with Crippen LogP contribution in [0.25, 0.3) is 0 Å². The average Bonchev–Trinajstić information content (AvgIpc) is 2.80. The lowest BCUT2D eigenvalue weighted by Crippen LogP contribution is -2.48. The lowest BCUT2D eigenvalue weighted by atomic mass is 9.48. The zero-order chi connectivity index (χ0) is 23.9. The molecule has 1 amide bonds. The van der Waals surface area contributed by atoms with Crippen molar-refractivity contribution in [1.29, 1.82) is 0 Å². The van der Waals surface area contributed by atoms with Gasteiger partial charge in [-0.3, -0.25) is 9.10 Å². The Morgan fingerprint density at radius 3 is 2.06 bits per heavy atom. The van der Waals surface area contributed by atoms with Crippen molar-refractivity contribution in [2.75, 3.05) is 23.7 Å². The Bertz CT molecular complexity index is 1090. The largest absolute Gasteiger partial charge is 0.354 e. The van der Waals surface area contributed by atoms with Gasteiger partial charge in [-0.25, -0.2) is 8.42 Å². The van der Waals surface area contributed by atoms with Crippen molar-refractivity contribution in [2.45, 2.75) is 56.8 Å². The van der Waals surface area contributed by atoms with E-state index in [2.05, 4.69) is 17.4 Å². The summed E-state index contributed by atoms with van der Waals surface area (Å²) >= 11 is 0. The quantitative estimate of drug-likeness (QED) is 0.588. The molecule has 0 radical (unpaired) electrons. The van der Waals surface area contributed by atoms with E-state index in [9.17, 15) is 13.2 Å². The van der Waals surface area contributed by atoms with Gasteiger partial charge in [0.05, 0.1) is 11.9 Å². The third kappa shape index (κ3) is 4.74. The van der Waals surface area contributed by atoms with Gasteiger partial charge in [0.1, 0.15) is 6.54 Å². The standard InChI is InChI=1S/C28H36N2O3S/c1-20(24-6-4-3-5-7-24)18-29-27(31)19-30(34(2,32)33)26-10-8-25(9-11-26)28-15-21-12-22(16-28)14-23(13-21)17-28/h3-11,20-23H,12-19H2,1-2H3,(H,29,31). The molecule has 2 aromatic rings. The summed E-state index contributed by atoms with van der Waals surface area (Å²) in [4.78, 5) is 12.7. The van der Waals surface area contributed by atoms with Gasteiger partial charge in [0.2, 0.25) is 15.9 Å². The molecule has 182 valence electrons. The highest BCUT2D eigenvalue weighted by molar-refractivity contribution is 7.92. The highest BCUT2D eigenvalue weighted by Crippen LogP contribution is 2.60. The van der Waals surface area contributed by atoms with Gasteiger partial charge >= 0.3 is 0 Å². The number of amides is 1. The number of benzene rings is 2. The fourth-order valence-electron chi connectivity index (χ4n) is 7.20. The van der Waals surface area contributed by atoms with Crippen LogP contribution in [0, 0.1) is 17.8 Å². The SMILES string of the molecule is CC(CNC(=O)CN(c1ccc(C23CC4CC(CC(C4)C2)C3)cc1)S(C)(=O)=O)c1ccccc1. The smallest absolute Gasteiger partial charge is 0.240 e. The van der Waals surface area contributed by atoms with E-state index in [4.69, 9.17) is 0 Å². The molecule has 0 saturated heterocycles. The number of carbonyl (C=O) groups is 1. The summed E-state index contributed by atoms with van der Waals surface area (Å²) in [5, 5.41) is 2.91. The minimum absolute atomic E-state index is 0.149. The minimum atomic E-state index is -3.59. The maximum Gasteiger partial charge on any atom is 0.240 e. The van der Waals surface area contributed by atoms with Crippen LogP contribution >= 0.6 is 0 Å². The van der Waals surface area contributed by atoms with Crippen LogP contribution in [-0.4, -0.2) is 33.7 Å². The third-order valence-corrected chi connectivity index (χ3v) is 9.61. The van der Waals surface area contributed by atoms with Crippen LogP contribution in [0.4, 0.5) is 5.69 Å². The Morgan fingerprint density at radius 2 is 1.53 bits per heavy atom. The molecule has 0 aromatic heterocycles. The Hall–Kier alpha value is -2.34. The van der Waals surface area contributed by atoms with Crippen molar-refractivity contribution in [3.05, 3.63) is 65.7 Å². The Labute approximate surface area is 204 Å². The lowest BCUT2D eigenvalue weighted by molar-refractivity contribution is -0.119. The lowest BCUT2D eigenvalue weighted by Gasteiger charge is -2.57. The van der Waals surface area contributed by atoms with Gasteiger partial charge in [0.15, 0.2) is 0 Å². The van der Waals surface area contributed by atoms with E-state index in [1.807, 2.05) is 49.4 Å². The van der Waals surface area contributed by atoms with Crippen LogP contribution in [0.3, 0.4) is 0 Å². The van der Waals surface area contributed by atoms with Crippen LogP contribution in [0.5, 0.6) is 0 Å². The normalized spacial score (nSPS) is 28.5. The van der Waals surface area contributed by atoms with Crippen molar-refractivity contribution in [2.24, 2.45) is 17.8 Å². The van der Waals surface area contributed by atoms with Crippen LogP contribution in [0.2, 0.25) is 0 Å². The molecule has 1 unspecified atom stereocenters.